The van der Waals surface area contributed by atoms with Gasteiger partial charge in [-0.05, 0) is 12.1 Å². The van der Waals surface area contributed by atoms with Crippen LogP contribution >= 0.6 is 12.2 Å². The second-order valence-corrected chi connectivity index (χ2v) is 5.33. The lowest BCUT2D eigenvalue weighted by Crippen LogP contribution is -2.31. The number of methoxy groups -OCH3 is 1. The number of ether oxygens (including phenoxy) is 1. The van der Waals surface area contributed by atoms with Crippen LogP contribution in [0.15, 0.2) is 18.3 Å². The van der Waals surface area contributed by atoms with Gasteiger partial charge in [0.2, 0.25) is 0 Å². The molecule has 0 saturated carbocycles. The normalized spacial score (nSPS) is 10.2. The fourth-order valence-electron chi connectivity index (χ4n) is 1.75. The van der Waals surface area contributed by atoms with Gasteiger partial charge in [-0.3, -0.25) is 4.79 Å². The number of hydrogen-bond donors (Lipinski definition) is 1. The molecular formula is C14H22N4O2S. The topological polar surface area (TPSA) is 71.7 Å². The molecule has 0 radical (unpaired) electrons. The molecule has 6 nitrogen and oxygen atoms in total. The summed E-state index contributed by atoms with van der Waals surface area (Å²) in [7, 11) is 5.07. The van der Waals surface area contributed by atoms with Crippen molar-refractivity contribution < 1.29 is 9.53 Å². The average molecular weight is 310 g/mol. The van der Waals surface area contributed by atoms with E-state index in [9.17, 15) is 4.79 Å². The van der Waals surface area contributed by atoms with Crippen LogP contribution in [0.2, 0.25) is 0 Å². The van der Waals surface area contributed by atoms with Crippen LogP contribution in [-0.4, -0.2) is 61.7 Å². The van der Waals surface area contributed by atoms with Crippen LogP contribution in [0.5, 0.6) is 0 Å². The van der Waals surface area contributed by atoms with E-state index < -0.39 is 0 Å². The maximum Gasteiger partial charge on any atom is 0.254 e. The summed E-state index contributed by atoms with van der Waals surface area (Å²) in [6.45, 7) is 1.94. The van der Waals surface area contributed by atoms with Gasteiger partial charge in [0.05, 0.1) is 17.2 Å². The van der Waals surface area contributed by atoms with Gasteiger partial charge in [-0.2, -0.15) is 0 Å². The van der Waals surface area contributed by atoms with Crippen LogP contribution in [0.3, 0.4) is 0 Å². The first-order valence-corrected chi connectivity index (χ1v) is 7.06. The Kier molecular flexibility index (Phi) is 7.04. The van der Waals surface area contributed by atoms with Crippen molar-refractivity contribution in [2.75, 3.05) is 45.8 Å². The van der Waals surface area contributed by atoms with Crippen LogP contribution in [0, 0.1) is 0 Å². The number of thiocarbonyl (C=S) groups is 1. The Bertz CT molecular complexity index is 476. The number of rotatable bonds is 8. The molecular weight excluding hydrogens is 288 g/mol. The van der Waals surface area contributed by atoms with E-state index in [0.29, 0.717) is 36.7 Å². The molecule has 0 aliphatic carbocycles. The summed E-state index contributed by atoms with van der Waals surface area (Å²) in [6.07, 6.45) is 2.19. The van der Waals surface area contributed by atoms with Crippen LogP contribution in [-0.2, 0) is 4.74 Å². The minimum atomic E-state index is -0.0689. The summed E-state index contributed by atoms with van der Waals surface area (Å²) in [5, 5.41) is 0. The quantitative estimate of drug-likeness (QED) is 0.720. The maximum absolute atomic E-state index is 11.8. The molecule has 0 bridgehead atoms. The lowest BCUT2D eigenvalue weighted by molar-refractivity contribution is 0.0827. The molecule has 1 heterocycles. The third-order valence-electron chi connectivity index (χ3n) is 2.92. The number of carbonyl (C=O) groups excluding carboxylic acids is 1. The van der Waals surface area contributed by atoms with Crippen molar-refractivity contribution in [3.8, 4) is 0 Å². The van der Waals surface area contributed by atoms with Gasteiger partial charge in [0.15, 0.2) is 0 Å². The molecule has 0 saturated heterocycles. The van der Waals surface area contributed by atoms with E-state index in [1.165, 1.54) is 4.90 Å². The molecule has 0 fully saturated rings. The molecule has 0 atom stereocenters. The lowest BCUT2D eigenvalue weighted by atomic mass is 10.2. The highest BCUT2D eigenvalue weighted by Crippen LogP contribution is 2.12. The van der Waals surface area contributed by atoms with Crippen molar-refractivity contribution in [3.05, 3.63) is 23.9 Å². The summed E-state index contributed by atoms with van der Waals surface area (Å²) in [6, 6.07) is 3.59. The second-order valence-electron chi connectivity index (χ2n) is 4.80. The fraction of sp³-hybridized carbons (Fsp3) is 0.500. The van der Waals surface area contributed by atoms with E-state index >= 15 is 0 Å². The number of carbonyl (C=O) groups is 1. The largest absolute Gasteiger partial charge is 0.393 e. The monoisotopic (exact) mass is 310 g/mol. The fourth-order valence-corrected chi connectivity index (χ4v) is 1.84. The molecule has 0 spiro atoms. The molecule has 1 rings (SSSR count). The first-order valence-electron chi connectivity index (χ1n) is 6.65. The predicted molar refractivity (Wildman–Crippen MR) is 87.7 cm³/mol. The van der Waals surface area contributed by atoms with E-state index in [2.05, 4.69) is 4.98 Å². The Balaban J connectivity index is 2.81. The number of amides is 1. The standard InChI is InChI=1S/C14H22N4O2S/c1-17(2)14(19)11-4-5-13(16-10-11)18(8-9-20-3)7-6-12(15)21/h4-5,10H,6-9H2,1-3H3,(H2,15,21). The lowest BCUT2D eigenvalue weighted by Gasteiger charge is -2.23. The Labute approximate surface area is 130 Å². The first-order chi connectivity index (χ1) is 9.95. The molecule has 0 aromatic carbocycles. The van der Waals surface area contributed by atoms with Gasteiger partial charge in [0.25, 0.3) is 5.91 Å². The molecule has 1 aromatic rings. The summed E-state index contributed by atoms with van der Waals surface area (Å²) in [5.41, 5.74) is 6.11. The average Bonchev–Trinajstić information content (AvgIpc) is 2.46. The molecule has 0 aliphatic heterocycles. The van der Waals surface area contributed by atoms with Gasteiger partial charge in [-0.25, -0.2) is 4.98 Å². The Morgan fingerprint density at radius 2 is 2.10 bits per heavy atom. The third kappa shape index (κ3) is 5.65. The molecule has 0 aliphatic rings. The number of anilines is 1. The SMILES string of the molecule is COCCN(CCC(N)=S)c1ccc(C(=O)N(C)C)cn1. The van der Waals surface area contributed by atoms with Gasteiger partial charge in [-0.15, -0.1) is 0 Å². The molecule has 1 amide bonds. The molecule has 116 valence electrons. The number of hydrogen-bond acceptors (Lipinski definition) is 5. The minimum absolute atomic E-state index is 0.0689. The summed E-state index contributed by atoms with van der Waals surface area (Å²) < 4.78 is 5.10. The van der Waals surface area contributed by atoms with Gasteiger partial charge in [0.1, 0.15) is 5.82 Å². The Morgan fingerprint density at radius 3 is 2.57 bits per heavy atom. The summed E-state index contributed by atoms with van der Waals surface area (Å²) >= 11 is 4.91. The highest BCUT2D eigenvalue weighted by atomic mass is 32.1. The highest BCUT2D eigenvalue weighted by Gasteiger charge is 2.11. The smallest absolute Gasteiger partial charge is 0.254 e. The number of nitrogens with two attached hydrogens (primary N) is 1. The van der Waals surface area contributed by atoms with E-state index in [0.717, 1.165) is 5.82 Å². The van der Waals surface area contributed by atoms with Crippen LogP contribution in [0.4, 0.5) is 5.82 Å². The van der Waals surface area contributed by atoms with Gasteiger partial charge >= 0.3 is 0 Å². The highest BCUT2D eigenvalue weighted by molar-refractivity contribution is 7.80. The van der Waals surface area contributed by atoms with Crippen LogP contribution in [0.1, 0.15) is 16.8 Å². The maximum atomic E-state index is 11.8. The minimum Gasteiger partial charge on any atom is -0.393 e. The van der Waals surface area contributed by atoms with Gasteiger partial charge < -0.3 is 20.3 Å². The van der Waals surface area contributed by atoms with E-state index in [1.807, 2.05) is 11.0 Å². The van der Waals surface area contributed by atoms with Crippen molar-refractivity contribution in [2.24, 2.45) is 5.73 Å². The van der Waals surface area contributed by atoms with E-state index in [-0.39, 0.29) is 5.91 Å². The van der Waals surface area contributed by atoms with Crippen molar-refractivity contribution >= 4 is 28.9 Å². The zero-order valence-electron chi connectivity index (χ0n) is 12.7. The van der Waals surface area contributed by atoms with Crippen LogP contribution < -0.4 is 10.6 Å². The summed E-state index contributed by atoms with van der Waals surface area (Å²) in [5.74, 6) is 0.708. The predicted octanol–water partition coefficient (Wildman–Crippen LogP) is 0.912. The molecule has 21 heavy (non-hydrogen) atoms. The van der Waals surface area contributed by atoms with Crippen LogP contribution in [0.25, 0.3) is 0 Å². The molecule has 1 aromatic heterocycles. The molecule has 7 heteroatoms. The zero-order valence-corrected chi connectivity index (χ0v) is 13.5. The number of pyridine rings is 1. The summed E-state index contributed by atoms with van der Waals surface area (Å²) in [4.78, 5) is 20.2. The van der Waals surface area contributed by atoms with Crippen molar-refractivity contribution in [2.45, 2.75) is 6.42 Å². The Morgan fingerprint density at radius 1 is 1.38 bits per heavy atom. The Hall–Kier alpha value is -1.73. The van der Waals surface area contributed by atoms with Gasteiger partial charge in [0, 0.05) is 46.9 Å². The third-order valence-corrected chi connectivity index (χ3v) is 3.12. The molecule has 0 unspecified atom stereocenters. The zero-order chi connectivity index (χ0) is 15.8. The van der Waals surface area contributed by atoms with Gasteiger partial charge in [-0.1, -0.05) is 12.2 Å². The first kappa shape index (κ1) is 17.3. The van der Waals surface area contributed by atoms with Crippen molar-refractivity contribution in [3.63, 3.8) is 0 Å². The number of aromatic nitrogens is 1. The van der Waals surface area contributed by atoms with Crippen molar-refractivity contribution in [1.29, 1.82) is 0 Å². The number of nitrogens with zero attached hydrogens (tertiary/aromatic N) is 3. The van der Waals surface area contributed by atoms with Crippen molar-refractivity contribution in [1.82, 2.24) is 9.88 Å². The van der Waals surface area contributed by atoms with E-state index in [4.69, 9.17) is 22.7 Å². The van der Waals surface area contributed by atoms with E-state index in [1.54, 1.807) is 33.5 Å². The molecule has 2 N–H and O–H groups in total. The second kappa shape index (κ2) is 8.53.